The van der Waals surface area contributed by atoms with Crippen molar-refractivity contribution >= 4 is 11.6 Å². The first kappa shape index (κ1) is 25.9. The number of nitrogens with one attached hydrogen (secondary N) is 2. The Morgan fingerprint density at radius 3 is 2.44 bits per heavy atom. The number of unbranched alkanes of at least 4 members (excludes halogenated alkanes) is 4. The summed E-state index contributed by atoms with van der Waals surface area (Å²) in [5.74, 6) is 2.21. The number of hydrogen-bond donors (Lipinski definition) is 2. The Morgan fingerprint density at radius 2 is 1.69 bits per heavy atom. The van der Waals surface area contributed by atoms with E-state index in [0.717, 1.165) is 73.2 Å². The molecular weight excluding hydrogens is 442 g/mol. The zero-order chi connectivity index (χ0) is 25.0. The Balaban J connectivity index is 1.47. The lowest BCUT2D eigenvalue weighted by Gasteiger charge is -2.14. The van der Waals surface area contributed by atoms with E-state index >= 15 is 0 Å². The molecule has 5 nitrogen and oxygen atoms in total. The molecule has 5 heteroatoms. The highest BCUT2D eigenvalue weighted by atomic mass is 15.2. The summed E-state index contributed by atoms with van der Waals surface area (Å²) in [6.45, 7) is 6.28. The minimum Gasteiger partial charge on any atom is -0.354 e. The highest BCUT2D eigenvalue weighted by Crippen LogP contribution is 2.26. The second-order valence-corrected chi connectivity index (χ2v) is 9.91. The number of nitrogens with zero attached hydrogens (tertiary/aromatic N) is 3. The van der Waals surface area contributed by atoms with Crippen LogP contribution in [-0.4, -0.2) is 29.0 Å². The van der Waals surface area contributed by atoms with Crippen LogP contribution in [0.1, 0.15) is 81.8 Å². The van der Waals surface area contributed by atoms with Gasteiger partial charge in [0.25, 0.3) is 0 Å². The molecule has 0 radical (unpaired) electrons. The molecular formula is C31H41N5. The van der Waals surface area contributed by atoms with E-state index in [-0.39, 0.29) is 0 Å². The maximum atomic E-state index is 5.05. The Kier molecular flexibility index (Phi) is 9.89. The molecule has 3 aromatic rings. The third-order valence-electron chi connectivity index (χ3n) is 6.84. The van der Waals surface area contributed by atoms with Crippen molar-refractivity contribution in [1.29, 1.82) is 0 Å². The maximum Gasteiger partial charge on any atom is 0.195 e. The molecule has 0 amide bonds. The van der Waals surface area contributed by atoms with Gasteiger partial charge in [0, 0.05) is 29.4 Å². The van der Waals surface area contributed by atoms with Gasteiger partial charge in [-0.1, -0.05) is 88.4 Å². The lowest BCUT2D eigenvalue weighted by Crippen LogP contribution is -2.26. The quantitative estimate of drug-likeness (QED) is 0.253. The van der Waals surface area contributed by atoms with E-state index in [1.807, 2.05) is 0 Å². The van der Waals surface area contributed by atoms with Crippen molar-refractivity contribution < 1.29 is 0 Å². The predicted octanol–water partition coefficient (Wildman–Crippen LogP) is 7.15. The number of aliphatic imine (C=N–C) groups is 1. The van der Waals surface area contributed by atoms with Gasteiger partial charge < -0.3 is 10.6 Å². The normalized spacial score (nSPS) is 13.8. The zero-order valence-electron chi connectivity index (χ0n) is 22.0. The van der Waals surface area contributed by atoms with Gasteiger partial charge in [-0.05, 0) is 49.4 Å². The number of aromatic nitrogens is 2. The molecule has 190 valence electrons. The molecule has 1 atom stereocenters. The summed E-state index contributed by atoms with van der Waals surface area (Å²) in [4.78, 5) is 14.5. The van der Waals surface area contributed by atoms with E-state index in [0.29, 0.717) is 5.92 Å². The van der Waals surface area contributed by atoms with Crippen LogP contribution in [0.5, 0.6) is 0 Å². The van der Waals surface area contributed by atoms with E-state index in [4.69, 9.17) is 9.97 Å². The van der Waals surface area contributed by atoms with Crippen LogP contribution in [0.15, 0.2) is 65.7 Å². The van der Waals surface area contributed by atoms with Crippen molar-refractivity contribution in [2.75, 3.05) is 18.4 Å². The van der Waals surface area contributed by atoms with Crippen molar-refractivity contribution in [1.82, 2.24) is 15.3 Å². The molecule has 2 N–H and O–H groups in total. The van der Waals surface area contributed by atoms with Crippen molar-refractivity contribution in [2.24, 2.45) is 4.99 Å². The number of hydrogen-bond acceptors (Lipinski definition) is 5. The summed E-state index contributed by atoms with van der Waals surface area (Å²) >= 11 is 0. The number of aryl methyl sites for hydroxylation is 2. The van der Waals surface area contributed by atoms with Crippen LogP contribution in [-0.2, 0) is 12.8 Å². The van der Waals surface area contributed by atoms with Crippen LogP contribution < -0.4 is 10.6 Å². The van der Waals surface area contributed by atoms with Crippen LogP contribution >= 0.6 is 0 Å². The fourth-order valence-corrected chi connectivity index (χ4v) is 4.66. The molecule has 1 aromatic heterocycles. The van der Waals surface area contributed by atoms with Crippen molar-refractivity contribution in [3.05, 3.63) is 77.7 Å². The first-order valence-corrected chi connectivity index (χ1v) is 13.8. The topological polar surface area (TPSA) is 62.2 Å². The molecule has 1 aliphatic rings. The standard InChI is InChI=1S/C31H41N5/c1-3-4-5-6-8-12-24(2)30-34-28(16-11-15-25-13-9-7-10-14-25)23-29(36-30)26-17-19-27(20-18-26)35-31-32-21-22-33-31/h7,9-10,13-14,17-20,23-24H,3-6,8,11-12,15-16,21-22H2,1-2H3,(H2,32,33,35). The third kappa shape index (κ3) is 7.91. The molecule has 2 aromatic carbocycles. The van der Waals surface area contributed by atoms with Crippen molar-refractivity contribution in [3.63, 3.8) is 0 Å². The van der Waals surface area contributed by atoms with Gasteiger partial charge in [0.15, 0.2) is 5.96 Å². The second kappa shape index (κ2) is 13.8. The fourth-order valence-electron chi connectivity index (χ4n) is 4.66. The SMILES string of the molecule is CCCCCCCC(C)c1nc(CCCc2ccccc2)cc(-c2ccc(NC3=NCCN3)cc2)n1. The highest BCUT2D eigenvalue weighted by molar-refractivity contribution is 5.94. The molecule has 2 heterocycles. The summed E-state index contributed by atoms with van der Waals surface area (Å²) in [5.41, 5.74) is 5.72. The lowest BCUT2D eigenvalue weighted by atomic mass is 10.00. The highest BCUT2D eigenvalue weighted by Gasteiger charge is 2.14. The molecule has 1 aliphatic heterocycles. The Bertz CT molecular complexity index is 1090. The average Bonchev–Trinajstić information content (AvgIpc) is 3.42. The number of rotatable bonds is 13. The first-order valence-electron chi connectivity index (χ1n) is 13.8. The van der Waals surface area contributed by atoms with Crippen LogP contribution in [0, 0.1) is 0 Å². The average molecular weight is 484 g/mol. The largest absolute Gasteiger partial charge is 0.354 e. The molecule has 0 bridgehead atoms. The number of anilines is 1. The molecule has 0 aliphatic carbocycles. The van der Waals surface area contributed by atoms with Crippen molar-refractivity contribution in [2.45, 2.75) is 77.6 Å². The van der Waals surface area contributed by atoms with Gasteiger partial charge in [-0.3, -0.25) is 4.99 Å². The monoisotopic (exact) mass is 483 g/mol. The maximum absolute atomic E-state index is 5.05. The van der Waals surface area contributed by atoms with Crippen LogP contribution in [0.4, 0.5) is 5.69 Å². The Hall–Kier alpha value is -3.21. The Labute approximate surface area is 216 Å². The molecule has 0 spiro atoms. The molecule has 0 saturated heterocycles. The van der Waals surface area contributed by atoms with Crippen LogP contribution in [0.3, 0.4) is 0 Å². The van der Waals surface area contributed by atoms with Gasteiger partial charge >= 0.3 is 0 Å². The smallest absolute Gasteiger partial charge is 0.195 e. The van der Waals surface area contributed by atoms with Gasteiger partial charge in [0.05, 0.1) is 12.2 Å². The third-order valence-corrected chi connectivity index (χ3v) is 6.84. The van der Waals surface area contributed by atoms with Crippen LogP contribution in [0.2, 0.25) is 0 Å². The minimum absolute atomic E-state index is 0.367. The van der Waals surface area contributed by atoms with E-state index in [1.165, 1.54) is 37.7 Å². The van der Waals surface area contributed by atoms with Gasteiger partial charge in [-0.25, -0.2) is 9.97 Å². The molecule has 1 unspecified atom stereocenters. The zero-order valence-corrected chi connectivity index (χ0v) is 22.0. The number of guanidine groups is 1. The molecule has 0 fully saturated rings. The minimum atomic E-state index is 0.367. The summed E-state index contributed by atoms with van der Waals surface area (Å²) in [7, 11) is 0. The van der Waals surface area contributed by atoms with Gasteiger partial charge in [-0.15, -0.1) is 0 Å². The summed E-state index contributed by atoms with van der Waals surface area (Å²) in [5, 5.41) is 6.60. The fraction of sp³-hybridized carbons (Fsp3) is 0.452. The summed E-state index contributed by atoms with van der Waals surface area (Å²) < 4.78 is 0. The molecule has 4 rings (SSSR count). The van der Waals surface area contributed by atoms with Gasteiger partial charge in [-0.2, -0.15) is 0 Å². The van der Waals surface area contributed by atoms with E-state index in [2.05, 4.69) is 90.1 Å². The van der Waals surface area contributed by atoms with Crippen molar-refractivity contribution in [3.8, 4) is 11.3 Å². The summed E-state index contributed by atoms with van der Waals surface area (Å²) in [6.07, 6.45) is 10.8. The van der Waals surface area contributed by atoms with E-state index in [1.54, 1.807) is 0 Å². The van der Waals surface area contributed by atoms with Gasteiger partial charge in [0.1, 0.15) is 5.82 Å². The Morgan fingerprint density at radius 1 is 0.889 bits per heavy atom. The first-order chi connectivity index (χ1) is 17.7. The lowest BCUT2D eigenvalue weighted by molar-refractivity contribution is 0.550. The van der Waals surface area contributed by atoms with Gasteiger partial charge in [0.2, 0.25) is 0 Å². The predicted molar refractivity (Wildman–Crippen MR) is 152 cm³/mol. The molecule has 0 saturated carbocycles. The second-order valence-electron chi connectivity index (χ2n) is 9.91. The summed E-state index contributed by atoms with van der Waals surface area (Å²) in [6, 6.07) is 21.4. The molecule has 36 heavy (non-hydrogen) atoms. The van der Waals surface area contributed by atoms with E-state index < -0.39 is 0 Å². The van der Waals surface area contributed by atoms with E-state index in [9.17, 15) is 0 Å². The van der Waals surface area contributed by atoms with Crippen LogP contribution in [0.25, 0.3) is 11.3 Å². The number of benzene rings is 2.